The molecule has 0 atom stereocenters. The van der Waals surface area contributed by atoms with Gasteiger partial charge in [-0.25, -0.2) is 4.98 Å². The molecular weight excluding hydrogens is 234 g/mol. The molecular formula is C16H23N3. The summed E-state index contributed by atoms with van der Waals surface area (Å²) in [7, 11) is 0. The summed E-state index contributed by atoms with van der Waals surface area (Å²) < 4.78 is 0. The molecule has 3 nitrogen and oxygen atoms in total. The molecule has 3 N–H and O–H groups in total. The van der Waals surface area contributed by atoms with Crippen LogP contribution in [0.3, 0.4) is 0 Å². The first-order valence-electron chi connectivity index (χ1n) is 6.93. The molecule has 2 rings (SSSR count). The lowest BCUT2D eigenvalue weighted by Crippen LogP contribution is -2.36. The van der Waals surface area contributed by atoms with Gasteiger partial charge in [-0.1, -0.05) is 43.7 Å². The van der Waals surface area contributed by atoms with Gasteiger partial charge in [0.2, 0.25) is 0 Å². The van der Waals surface area contributed by atoms with Crippen molar-refractivity contribution in [2.24, 2.45) is 5.73 Å². The highest BCUT2D eigenvalue weighted by Gasteiger charge is 2.27. The van der Waals surface area contributed by atoms with E-state index in [1.54, 1.807) is 0 Å². The van der Waals surface area contributed by atoms with Crippen molar-refractivity contribution < 1.29 is 0 Å². The first kappa shape index (κ1) is 13.8. The van der Waals surface area contributed by atoms with Crippen molar-refractivity contribution in [1.29, 1.82) is 0 Å². The van der Waals surface area contributed by atoms with E-state index in [0.29, 0.717) is 0 Å². The van der Waals surface area contributed by atoms with Gasteiger partial charge in [-0.2, -0.15) is 0 Å². The van der Waals surface area contributed by atoms with Gasteiger partial charge in [-0.3, -0.25) is 0 Å². The van der Waals surface area contributed by atoms with Gasteiger partial charge in [0.05, 0.1) is 11.2 Å². The number of H-pyrrole nitrogens is 1. The number of nitrogens with zero attached hydrogens (tertiary/aromatic N) is 1. The lowest BCUT2D eigenvalue weighted by Gasteiger charge is -2.23. The molecule has 102 valence electrons. The maximum atomic E-state index is 6.41. The fraction of sp³-hybridized carbons (Fsp3) is 0.438. The van der Waals surface area contributed by atoms with Crippen LogP contribution >= 0.6 is 0 Å². The summed E-state index contributed by atoms with van der Waals surface area (Å²) in [4.78, 5) is 8.11. The molecule has 0 unspecified atom stereocenters. The summed E-state index contributed by atoms with van der Waals surface area (Å²) in [6, 6.07) is 8.44. The molecule has 1 heterocycles. The van der Waals surface area contributed by atoms with E-state index in [-0.39, 0.29) is 5.54 Å². The molecule has 0 aliphatic carbocycles. The van der Waals surface area contributed by atoms with Gasteiger partial charge in [0, 0.05) is 11.3 Å². The standard InChI is InChI=1S/C16H23N3/c1-5-16(17,6-2)15-18-12(4)14(19-15)13-9-7-11(3)8-10-13/h7-10H,5-6,17H2,1-4H3,(H,18,19). The van der Waals surface area contributed by atoms with Gasteiger partial charge >= 0.3 is 0 Å². The molecule has 0 aliphatic rings. The summed E-state index contributed by atoms with van der Waals surface area (Å²) in [5.74, 6) is 0.894. The third kappa shape index (κ3) is 2.56. The zero-order valence-electron chi connectivity index (χ0n) is 12.2. The van der Waals surface area contributed by atoms with E-state index in [1.807, 2.05) is 0 Å². The molecule has 0 saturated heterocycles. The van der Waals surface area contributed by atoms with E-state index in [1.165, 1.54) is 5.56 Å². The maximum absolute atomic E-state index is 6.41. The largest absolute Gasteiger partial charge is 0.344 e. The van der Waals surface area contributed by atoms with Crippen LogP contribution in [0.1, 0.15) is 43.8 Å². The van der Waals surface area contributed by atoms with E-state index >= 15 is 0 Å². The van der Waals surface area contributed by atoms with Crippen LogP contribution in [0.5, 0.6) is 0 Å². The molecule has 0 radical (unpaired) electrons. The van der Waals surface area contributed by atoms with E-state index < -0.39 is 0 Å². The normalized spacial score (nSPS) is 11.8. The minimum atomic E-state index is -0.353. The number of rotatable bonds is 4. The van der Waals surface area contributed by atoms with Gasteiger partial charge in [0.1, 0.15) is 5.82 Å². The van der Waals surface area contributed by atoms with Crippen LogP contribution in [0.4, 0.5) is 0 Å². The Morgan fingerprint density at radius 1 is 1.11 bits per heavy atom. The lowest BCUT2D eigenvalue weighted by atomic mass is 9.93. The predicted octanol–water partition coefficient (Wildman–Crippen LogP) is 3.67. The number of aryl methyl sites for hydroxylation is 2. The molecule has 1 aromatic carbocycles. The Kier molecular flexibility index (Phi) is 3.76. The van der Waals surface area contributed by atoms with Crippen LogP contribution < -0.4 is 5.73 Å². The van der Waals surface area contributed by atoms with Gasteiger partial charge in [0.15, 0.2) is 0 Å². The van der Waals surface area contributed by atoms with Crippen molar-refractivity contribution in [2.45, 2.75) is 46.1 Å². The van der Waals surface area contributed by atoms with Gasteiger partial charge in [-0.05, 0) is 26.7 Å². The SMILES string of the molecule is CCC(N)(CC)c1nc(-c2ccc(C)cc2)c(C)[nH]1. The smallest absolute Gasteiger partial charge is 0.127 e. The fourth-order valence-electron chi connectivity index (χ4n) is 2.27. The fourth-order valence-corrected chi connectivity index (χ4v) is 2.27. The van der Waals surface area contributed by atoms with Crippen LogP contribution in [0.25, 0.3) is 11.3 Å². The van der Waals surface area contributed by atoms with Gasteiger partial charge in [-0.15, -0.1) is 0 Å². The zero-order valence-corrected chi connectivity index (χ0v) is 12.2. The average Bonchev–Trinajstić information content (AvgIpc) is 2.81. The number of benzene rings is 1. The molecule has 19 heavy (non-hydrogen) atoms. The topological polar surface area (TPSA) is 54.7 Å². The molecule has 2 aromatic rings. The number of aromatic nitrogens is 2. The first-order valence-corrected chi connectivity index (χ1v) is 6.93. The molecule has 1 aromatic heterocycles. The number of hydrogen-bond acceptors (Lipinski definition) is 2. The van der Waals surface area contributed by atoms with E-state index in [0.717, 1.165) is 35.6 Å². The highest BCUT2D eigenvalue weighted by molar-refractivity contribution is 5.62. The van der Waals surface area contributed by atoms with Crippen molar-refractivity contribution in [3.63, 3.8) is 0 Å². The highest BCUT2D eigenvalue weighted by Crippen LogP contribution is 2.28. The van der Waals surface area contributed by atoms with Crippen molar-refractivity contribution in [3.8, 4) is 11.3 Å². The predicted molar refractivity (Wildman–Crippen MR) is 79.9 cm³/mol. The number of hydrogen-bond donors (Lipinski definition) is 2. The van der Waals surface area contributed by atoms with Gasteiger partial charge < -0.3 is 10.7 Å². The number of nitrogens with one attached hydrogen (secondary N) is 1. The van der Waals surface area contributed by atoms with E-state index in [4.69, 9.17) is 10.7 Å². The van der Waals surface area contributed by atoms with Crippen LogP contribution in [0.2, 0.25) is 0 Å². The number of imidazole rings is 1. The molecule has 0 saturated carbocycles. The molecule has 0 aliphatic heterocycles. The second-order valence-electron chi connectivity index (χ2n) is 5.29. The van der Waals surface area contributed by atoms with Crippen molar-refractivity contribution in [1.82, 2.24) is 9.97 Å². The Balaban J connectivity index is 2.44. The third-order valence-corrected chi connectivity index (χ3v) is 3.94. The molecule has 0 bridgehead atoms. The average molecular weight is 257 g/mol. The zero-order chi connectivity index (χ0) is 14.0. The Labute approximate surface area is 115 Å². The highest BCUT2D eigenvalue weighted by atomic mass is 15.0. The summed E-state index contributed by atoms with van der Waals surface area (Å²) in [5.41, 5.74) is 10.5. The Morgan fingerprint density at radius 3 is 2.21 bits per heavy atom. The van der Waals surface area contributed by atoms with Crippen LogP contribution in [-0.4, -0.2) is 9.97 Å². The summed E-state index contributed by atoms with van der Waals surface area (Å²) in [6.45, 7) is 8.35. The van der Waals surface area contributed by atoms with Crippen molar-refractivity contribution in [2.75, 3.05) is 0 Å². The third-order valence-electron chi connectivity index (χ3n) is 3.94. The van der Waals surface area contributed by atoms with Crippen LogP contribution in [0.15, 0.2) is 24.3 Å². The minimum absolute atomic E-state index is 0.353. The van der Waals surface area contributed by atoms with Crippen LogP contribution in [0, 0.1) is 13.8 Å². The van der Waals surface area contributed by atoms with E-state index in [2.05, 4.69) is 56.9 Å². The quantitative estimate of drug-likeness (QED) is 0.878. The first-order chi connectivity index (χ1) is 9.00. The van der Waals surface area contributed by atoms with E-state index in [9.17, 15) is 0 Å². The maximum Gasteiger partial charge on any atom is 0.127 e. The van der Waals surface area contributed by atoms with Gasteiger partial charge in [0.25, 0.3) is 0 Å². The molecule has 0 spiro atoms. The minimum Gasteiger partial charge on any atom is -0.344 e. The monoisotopic (exact) mass is 257 g/mol. The summed E-state index contributed by atoms with van der Waals surface area (Å²) in [5, 5.41) is 0. The van der Waals surface area contributed by atoms with Crippen molar-refractivity contribution >= 4 is 0 Å². The molecule has 0 amide bonds. The number of aromatic amines is 1. The lowest BCUT2D eigenvalue weighted by molar-refractivity contribution is 0.390. The summed E-state index contributed by atoms with van der Waals surface area (Å²) in [6.07, 6.45) is 1.76. The van der Waals surface area contributed by atoms with Crippen molar-refractivity contribution in [3.05, 3.63) is 41.3 Å². The Morgan fingerprint density at radius 2 is 1.68 bits per heavy atom. The Bertz CT molecular complexity index is 548. The van der Waals surface area contributed by atoms with Crippen LogP contribution in [-0.2, 0) is 5.54 Å². The number of nitrogens with two attached hydrogens (primary N) is 1. The molecule has 3 heteroatoms. The molecule has 0 fully saturated rings. The second-order valence-corrected chi connectivity index (χ2v) is 5.29. The summed E-state index contributed by atoms with van der Waals surface area (Å²) >= 11 is 0. The second kappa shape index (κ2) is 5.17. The Hall–Kier alpha value is -1.61.